The van der Waals surface area contributed by atoms with E-state index in [2.05, 4.69) is 9.73 Å². The Morgan fingerprint density at radius 1 is 1.67 bits per heavy atom. The van der Waals surface area contributed by atoms with Gasteiger partial charge in [-0.1, -0.05) is 0 Å². The fourth-order valence-corrected chi connectivity index (χ4v) is 1.56. The number of nitrogens with zero attached hydrogens (tertiary/aromatic N) is 2. The van der Waals surface area contributed by atoms with Crippen LogP contribution in [0.5, 0.6) is 0 Å². The Kier molecular flexibility index (Phi) is 2.22. The van der Waals surface area contributed by atoms with Gasteiger partial charge in [-0.25, -0.2) is 9.79 Å². The number of likely N-dealkylation sites (N-methyl/N-ethyl adjacent to an activating group) is 1. The highest BCUT2D eigenvalue weighted by molar-refractivity contribution is 6.36. The Balaban J connectivity index is 2.39. The summed E-state index contributed by atoms with van der Waals surface area (Å²) in [7, 11) is 3.09. The van der Waals surface area contributed by atoms with Crippen LogP contribution in [-0.4, -0.2) is 37.5 Å². The van der Waals surface area contributed by atoms with Crippen molar-refractivity contribution in [3.05, 3.63) is 23.2 Å². The Hall–Kier alpha value is -1.78. The van der Waals surface area contributed by atoms with Crippen LogP contribution in [-0.2, 0) is 14.3 Å². The number of rotatable bonds is 1. The maximum absolute atomic E-state index is 11.4. The first kappa shape index (κ1) is 9.76. The topological polar surface area (TPSA) is 51.1 Å². The zero-order chi connectivity index (χ0) is 11.0. The summed E-state index contributed by atoms with van der Waals surface area (Å²) in [5.74, 6) is 0.580. The molecule has 2 aliphatic heterocycles. The number of hydrogen-bond donors (Lipinski definition) is 0. The molecule has 2 rings (SSSR count). The van der Waals surface area contributed by atoms with Gasteiger partial charge >= 0.3 is 5.97 Å². The minimum Gasteiger partial charge on any atom is -0.491 e. The molecule has 2 aliphatic rings. The molecule has 0 bridgehead atoms. The van der Waals surface area contributed by atoms with Gasteiger partial charge in [0.15, 0.2) is 0 Å². The molecule has 2 heterocycles. The number of ether oxygens (including phenoxy) is 2. The molecule has 0 atom stereocenters. The van der Waals surface area contributed by atoms with E-state index in [1.807, 2.05) is 13.1 Å². The minimum atomic E-state index is -0.444. The normalized spacial score (nSPS) is 19.3. The van der Waals surface area contributed by atoms with Crippen LogP contribution >= 0.6 is 0 Å². The number of esters is 1. The lowest BCUT2D eigenvalue weighted by Gasteiger charge is -2.20. The van der Waals surface area contributed by atoms with Crippen LogP contribution < -0.4 is 0 Å². The first-order valence-corrected chi connectivity index (χ1v) is 4.58. The van der Waals surface area contributed by atoms with Gasteiger partial charge in [0.2, 0.25) is 5.84 Å². The lowest BCUT2D eigenvalue weighted by molar-refractivity contribution is -0.133. The second-order valence-corrected chi connectivity index (χ2v) is 3.39. The molecular weight excluding hydrogens is 196 g/mol. The lowest BCUT2D eigenvalue weighted by atomic mass is 10.2. The van der Waals surface area contributed by atoms with E-state index in [4.69, 9.17) is 4.74 Å². The standard InChI is InChI=1S/C10H12N2O3/c1-6-8-7(5-15-6)4-12(2)9(11-8)10(13)14-3/h4H,5H2,1-3H3. The maximum Gasteiger partial charge on any atom is 0.374 e. The van der Waals surface area contributed by atoms with E-state index in [-0.39, 0.29) is 5.84 Å². The summed E-state index contributed by atoms with van der Waals surface area (Å²) >= 11 is 0. The molecule has 0 amide bonds. The third-order valence-electron chi connectivity index (χ3n) is 2.35. The van der Waals surface area contributed by atoms with Gasteiger partial charge in [0.05, 0.1) is 7.11 Å². The zero-order valence-electron chi connectivity index (χ0n) is 8.90. The Bertz CT molecular complexity index is 407. The van der Waals surface area contributed by atoms with E-state index in [0.29, 0.717) is 6.61 Å². The SMILES string of the molecule is COC(=O)C1=NC2=C(C)OCC2=CN1C. The second-order valence-electron chi connectivity index (χ2n) is 3.39. The average Bonchev–Trinajstić information content (AvgIpc) is 2.58. The first-order valence-electron chi connectivity index (χ1n) is 4.58. The number of allylic oxidation sites excluding steroid dienone is 1. The third kappa shape index (κ3) is 1.49. The highest BCUT2D eigenvalue weighted by Gasteiger charge is 2.27. The molecular formula is C10H12N2O3. The first-order chi connectivity index (χ1) is 7.13. The molecule has 0 spiro atoms. The Morgan fingerprint density at radius 2 is 2.40 bits per heavy atom. The summed E-state index contributed by atoms with van der Waals surface area (Å²) < 4.78 is 9.98. The van der Waals surface area contributed by atoms with E-state index in [1.54, 1.807) is 11.9 Å². The van der Waals surface area contributed by atoms with Crippen molar-refractivity contribution in [2.45, 2.75) is 6.92 Å². The van der Waals surface area contributed by atoms with Crippen molar-refractivity contribution in [1.29, 1.82) is 0 Å². The molecule has 0 aromatic rings. The van der Waals surface area contributed by atoms with Gasteiger partial charge in [0.1, 0.15) is 18.1 Å². The van der Waals surface area contributed by atoms with Gasteiger partial charge in [0, 0.05) is 18.8 Å². The quantitative estimate of drug-likeness (QED) is 0.594. The molecule has 5 heteroatoms. The largest absolute Gasteiger partial charge is 0.491 e. The number of methoxy groups -OCH3 is 1. The number of amidine groups is 1. The summed E-state index contributed by atoms with van der Waals surface area (Å²) in [6.07, 6.45) is 1.84. The smallest absolute Gasteiger partial charge is 0.374 e. The summed E-state index contributed by atoms with van der Waals surface area (Å²) in [6, 6.07) is 0. The van der Waals surface area contributed by atoms with Crippen molar-refractivity contribution in [1.82, 2.24) is 4.90 Å². The fraction of sp³-hybridized carbons (Fsp3) is 0.400. The van der Waals surface area contributed by atoms with Crippen molar-refractivity contribution in [2.75, 3.05) is 20.8 Å². The van der Waals surface area contributed by atoms with Gasteiger partial charge in [0.25, 0.3) is 0 Å². The van der Waals surface area contributed by atoms with Gasteiger partial charge in [-0.05, 0) is 6.92 Å². The molecule has 0 saturated carbocycles. The van der Waals surface area contributed by atoms with Gasteiger partial charge in [-0.2, -0.15) is 0 Å². The van der Waals surface area contributed by atoms with E-state index in [1.165, 1.54) is 7.11 Å². The average molecular weight is 208 g/mol. The molecule has 80 valence electrons. The lowest BCUT2D eigenvalue weighted by Crippen LogP contribution is -2.33. The van der Waals surface area contributed by atoms with E-state index in [9.17, 15) is 4.79 Å². The van der Waals surface area contributed by atoms with Crippen LogP contribution in [0.3, 0.4) is 0 Å². The summed E-state index contributed by atoms with van der Waals surface area (Å²) in [5, 5.41) is 0. The highest BCUT2D eigenvalue weighted by atomic mass is 16.5. The van der Waals surface area contributed by atoms with Crippen molar-refractivity contribution in [3.8, 4) is 0 Å². The van der Waals surface area contributed by atoms with E-state index < -0.39 is 5.97 Å². The fourth-order valence-electron chi connectivity index (χ4n) is 1.56. The van der Waals surface area contributed by atoms with Crippen LogP contribution in [0.25, 0.3) is 0 Å². The van der Waals surface area contributed by atoms with Gasteiger partial charge in [-0.15, -0.1) is 0 Å². The molecule has 0 aromatic carbocycles. The zero-order valence-corrected chi connectivity index (χ0v) is 8.90. The molecule has 0 fully saturated rings. The molecule has 0 aromatic heterocycles. The molecule has 0 N–H and O–H groups in total. The molecule has 0 unspecified atom stereocenters. The molecule has 0 radical (unpaired) electrons. The number of hydrogen-bond acceptors (Lipinski definition) is 5. The third-order valence-corrected chi connectivity index (χ3v) is 2.35. The van der Waals surface area contributed by atoms with Crippen LogP contribution in [0, 0.1) is 0 Å². The number of carbonyl (C=O) groups excluding carboxylic acids is 1. The Morgan fingerprint density at radius 3 is 3.07 bits per heavy atom. The van der Waals surface area contributed by atoms with E-state index >= 15 is 0 Å². The van der Waals surface area contributed by atoms with Crippen LogP contribution in [0.15, 0.2) is 28.2 Å². The van der Waals surface area contributed by atoms with Gasteiger partial charge in [-0.3, -0.25) is 0 Å². The molecule has 15 heavy (non-hydrogen) atoms. The number of aliphatic imine (C=N–C) groups is 1. The Labute approximate surface area is 87.7 Å². The highest BCUT2D eigenvalue weighted by Crippen LogP contribution is 2.28. The molecule has 5 nitrogen and oxygen atoms in total. The van der Waals surface area contributed by atoms with Crippen molar-refractivity contribution in [2.24, 2.45) is 4.99 Å². The predicted molar refractivity (Wildman–Crippen MR) is 53.9 cm³/mol. The second kappa shape index (κ2) is 3.42. The maximum atomic E-state index is 11.4. The molecule has 0 aliphatic carbocycles. The van der Waals surface area contributed by atoms with Crippen molar-refractivity contribution >= 4 is 11.8 Å². The monoisotopic (exact) mass is 208 g/mol. The number of carbonyl (C=O) groups is 1. The minimum absolute atomic E-state index is 0.279. The molecule has 0 saturated heterocycles. The van der Waals surface area contributed by atoms with Crippen molar-refractivity contribution < 1.29 is 14.3 Å². The van der Waals surface area contributed by atoms with Crippen molar-refractivity contribution in [3.63, 3.8) is 0 Å². The summed E-state index contributed by atoms with van der Waals surface area (Å²) in [6.45, 7) is 2.35. The predicted octanol–water partition coefficient (Wildman–Crippen LogP) is 0.649. The summed E-state index contributed by atoms with van der Waals surface area (Å²) in [4.78, 5) is 17.3. The van der Waals surface area contributed by atoms with Crippen LogP contribution in [0.2, 0.25) is 0 Å². The number of fused-ring (bicyclic) bond motifs is 1. The van der Waals surface area contributed by atoms with Gasteiger partial charge < -0.3 is 14.4 Å². The van der Waals surface area contributed by atoms with Crippen LogP contribution in [0.4, 0.5) is 0 Å². The van der Waals surface area contributed by atoms with Crippen LogP contribution in [0.1, 0.15) is 6.92 Å². The summed E-state index contributed by atoms with van der Waals surface area (Å²) in [5.41, 5.74) is 1.73. The van der Waals surface area contributed by atoms with E-state index in [0.717, 1.165) is 17.0 Å².